The first-order chi connectivity index (χ1) is 14.5. The molecule has 2 fully saturated rings. The monoisotopic (exact) mass is 451 g/mol. The van der Waals surface area contributed by atoms with Crippen molar-refractivity contribution in [2.45, 2.75) is 24.7 Å². The SMILES string of the molecule is Cc1noc(C=Cc2cccs2)c1S(=O)(=O)N1CCCC(C(=O)N2CCOCC2)C1. The lowest BCUT2D eigenvalue weighted by Gasteiger charge is -2.35. The van der Waals surface area contributed by atoms with E-state index in [2.05, 4.69) is 5.16 Å². The molecule has 10 heteroatoms. The van der Waals surface area contributed by atoms with E-state index < -0.39 is 10.0 Å². The van der Waals surface area contributed by atoms with Gasteiger partial charge in [-0.15, -0.1) is 11.3 Å². The van der Waals surface area contributed by atoms with Crippen molar-refractivity contribution in [2.24, 2.45) is 5.92 Å². The number of piperidine rings is 1. The fourth-order valence-electron chi connectivity index (χ4n) is 3.88. The van der Waals surface area contributed by atoms with Crippen LogP contribution in [0.2, 0.25) is 0 Å². The van der Waals surface area contributed by atoms with E-state index in [1.54, 1.807) is 29.2 Å². The van der Waals surface area contributed by atoms with Crippen LogP contribution in [0.1, 0.15) is 29.2 Å². The first-order valence-electron chi connectivity index (χ1n) is 10.0. The van der Waals surface area contributed by atoms with Gasteiger partial charge in [-0.3, -0.25) is 4.79 Å². The molecule has 0 spiro atoms. The fourth-order valence-corrected chi connectivity index (χ4v) is 6.27. The first-order valence-corrected chi connectivity index (χ1v) is 12.3. The van der Waals surface area contributed by atoms with Gasteiger partial charge in [-0.1, -0.05) is 11.2 Å². The molecule has 1 atom stereocenters. The Morgan fingerprint density at radius 1 is 1.27 bits per heavy atom. The van der Waals surface area contributed by atoms with E-state index in [1.807, 2.05) is 23.6 Å². The predicted molar refractivity (Wildman–Crippen MR) is 113 cm³/mol. The molecule has 0 bridgehead atoms. The van der Waals surface area contributed by atoms with E-state index in [9.17, 15) is 13.2 Å². The number of ether oxygens (including phenoxy) is 1. The molecule has 2 aromatic rings. The smallest absolute Gasteiger partial charge is 0.248 e. The van der Waals surface area contributed by atoms with Crippen LogP contribution in [0.15, 0.2) is 26.9 Å². The van der Waals surface area contributed by atoms with Gasteiger partial charge in [-0.2, -0.15) is 4.31 Å². The second-order valence-corrected chi connectivity index (χ2v) is 10.3. The molecule has 4 heterocycles. The largest absolute Gasteiger partial charge is 0.378 e. The van der Waals surface area contributed by atoms with Crippen LogP contribution < -0.4 is 0 Å². The summed E-state index contributed by atoms with van der Waals surface area (Å²) in [7, 11) is -3.83. The lowest BCUT2D eigenvalue weighted by atomic mass is 9.98. The number of aryl methyl sites for hydroxylation is 1. The maximum absolute atomic E-state index is 13.4. The van der Waals surface area contributed by atoms with Gasteiger partial charge >= 0.3 is 0 Å². The molecule has 1 unspecified atom stereocenters. The highest BCUT2D eigenvalue weighted by Crippen LogP contribution is 2.30. The Hall–Kier alpha value is -2.01. The summed E-state index contributed by atoms with van der Waals surface area (Å²) in [5.41, 5.74) is 0.322. The van der Waals surface area contributed by atoms with Crippen LogP contribution in [0.3, 0.4) is 0 Å². The lowest BCUT2D eigenvalue weighted by Crippen LogP contribution is -2.49. The lowest BCUT2D eigenvalue weighted by molar-refractivity contribution is -0.140. The topological polar surface area (TPSA) is 93.0 Å². The summed E-state index contributed by atoms with van der Waals surface area (Å²) in [5, 5.41) is 5.83. The zero-order valence-corrected chi connectivity index (χ0v) is 18.5. The van der Waals surface area contributed by atoms with Crippen molar-refractivity contribution in [2.75, 3.05) is 39.4 Å². The standard InChI is InChI=1S/C20H25N3O5S2/c1-15-19(18(28-21-15)7-6-17-5-3-13-29-17)30(25,26)23-8-2-4-16(14-23)20(24)22-9-11-27-12-10-22/h3,5-7,13,16H,2,4,8-12,14H2,1H3. The number of carbonyl (C=O) groups excluding carboxylic acids is 1. The summed E-state index contributed by atoms with van der Waals surface area (Å²) in [6, 6.07) is 3.86. The molecule has 30 heavy (non-hydrogen) atoms. The van der Waals surface area contributed by atoms with Crippen molar-refractivity contribution in [3.05, 3.63) is 33.8 Å². The number of hydrogen-bond acceptors (Lipinski definition) is 7. The zero-order chi connectivity index (χ0) is 21.1. The minimum Gasteiger partial charge on any atom is -0.378 e. The summed E-state index contributed by atoms with van der Waals surface area (Å²) in [4.78, 5) is 15.7. The van der Waals surface area contributed by atoms with Crippen molar-refractivity contribution in [3.8, 4) is 0 Å². The summed E-state index contributed by atoms with van der Waals surface area (Å²) in [5.74, 6) is -0.113. The van der Waals surface area contributed by atoms with E-state index in [1.165, 1.54) is 4.31 Å². The number of rotatable bonds is 5. The van der Waals surface area contributed by atoms with E-state index in [0.29, 0.717) is 51.4 Å². The molecule has 2 aliphatic heterocycles. The summed E-state index contributed by atoms with van der Waals surface area (Å²) < 4.78 is 38.9. The molecule has 0 aliphatic carbocycles. The highest BCUT2D eigenvalue weighted by Gasteiger charge is 2.38. The number of thiophene rings is 1. The molecule has 0 aromatic carbocycles. The fraction of sp³-hybridized carbons (Fsp3) is 0.500. The summed E-state index contributed by atoms with van der Waals surface area (Å²) in [6.45, 7) is 4.36. The number of amides is 1. The molecule has 1 amide bonds. The number of nitrogens with zero attached hydrogens (tertiary/aromatic N) is 3. The maximum atomic E-state index is 13.4. The summed E-state index contributed by atoms with van der Waals surface area (Å²) in [6.07, 6.45) is 4.78. The number of carbonyl (C=O) groups is 1. The van der Waals surface area contributed by atoms with Gasteiger partial charge < -0.3 is 14.2 Å². The average Bonchev–Trinajstić information content (AvgIpc) is 3.42. The molecule has 2 saturated heterocycles. The van der Waals surface area contributed by atoms with Crippen molar-refractivity contribution in [1.82, 2.24) is 14.4 Å². The first kappa shape index (κ1) is 21.2. The predicted octanol–water partition coefficient (Wildman–Crippen LogP) is 2.47. The van der Waals surface area contributed by atoms with Crippen molar-refractivity contribution >= 4 is 39.4 Å². The third-order valence-corrected chi connectivity index (χ3v) is 8.29. The van der Waals surface area contributed by atoms with E-state index in [-0.39, 0.29) is 29.0 Å². The molecule has 0 radical (unpaired) electrons. The van der Waals surface area contributed by atoms with Crippen molar-refractivity contribution < 1.29 is 22.5 Å². The molecular formula is C20H25N3O5S2. The molecule has 0 saturated carbocycles. The van der Waals surface area contributed by atoms with Gasteiger partial charge in [-0.25, -0.2) is 8.42 Å². The van der Waals surface area contributed by atoms with Crippen molar-refractivity contribution in [1.29, 1.82) is 0 Å². The van der Waals surface area contributed by atoms with Crippen LogP contribution in [0.5, 0.6) is 0 Å². The quantitative estimate of drug-likeness (QED) is 0.693. The molecule has 4 rings (SSSR count). The highest BCUT2D eigenvalue weighted by molar-refractivity contribution is 7.89. The average molecular weight is 452 g/mol. The number of sulfonamides is 1. The second-order valence-electron chi connectivity index (χ2n) is 7.45. The molecular weight excluding hydrogens is 426 g/mol. The van der Waals surface area contributed by atoms with Gasteiger partial charge in [0.15, 0.2) is 10.7 Å². The van der Waals surface area contributed by atoms with Crippen LogP contribution in [0, 0.1) is 12.8 Å². The Morgan fingerprint density at radius 2 is 2.07 bits per heavy atom. The van der Waals surface area contributed by atoms with Crippen molar-refractivity contribution in [3.63, 3.8) is 0 Å². The van der Waals surface area contributed by atoms with Gasteiger partial charge in [0.1, 0.15) is 5.69 Å². The van der Waals surface area contributed by atoms with E-state index >= 15 is 0 Å². The molecule has 8 nitrogen and oxygen atoms in total. The van der Waals surface area contributed by atoms with E-state index in [4.69, 9.17) is 9.26 Å². The van der Waals surface area contributed by atoms with Crippen LogP contribution >= 0.6 is 11.3 Å². The number of morpholine rings is 1. The minimum absolute atomic E-state index is 0.0121. The van der Waals surface area contributed by atoms with Crippen LogP contribution in [-0.2, 0) is 19.6 Å². The van der Waals surface area contributed by atoms with Crippen LogP contribution in [-0.4, -0.2) is 68.1 Å². The highest BCUT2D eigenvalue weighted by atomic mass is 32.2. The Bertz CT molecular complexity index is 1010. The Morgan fingerprint density at radius 3 is 2.80 bits per heavy atom. The van der Waals surface area contributed by atoms with Gasteiger partial charge in [-0.05, 0) is 43.4 Å². The number of hydrogen-bond donors (Lipinski definition) is 0. The maximum Gasteiger partial charge on any atom is 0.248 e. The van der Waals surface area contributed by atoms with Gasteiger partial charge in [0, 0.05) is 31.1 Å². The van der Waals surface area contributed by atoms with E-state index in [0.717, 1.165) is 4.88 Å². The van der Waals surface area contributed by atoms with Gasteiger partial charge in [0.2, 0.25) is 15.9 Å². The second kappa shape index (κ2) is 9.01. The Balaban J connectivity index is 1.54. The van der Waals surface area contributed by atoms with Gasteiger partial charge in [0.25, 0.3) is 0 Å². The minimum atomic E-state index is -3.83. The van der Waals surface area contributed by atoms with Crippen LogP contribution in [0.25, 0.3) is 12.2 Å². The number of aromatic nitrogens is 1. The third-order valence-electron chi connectivity index (χ3n) is 5.43. The van der Waals surface area contributed by atoms with Crippen LogP contribution in [0.4, 0.5) is 0 Å². The normalized spacial score (nSPS) is 21.4. The van der Waals surface area contributed by atoms with Gasteiger partial charge in [0.05, 0.1) is 19.1 Å². The Kier molecular flexibility index (Phi) is 6.37. The third kappa shape index (κ3) is 4.36. The molecule has 162 valence electrons. The molecule has 2 aromatic heterocycles. The Labute approximate surface area is 180 Å². The molecule has 0 N–H and O–H groups in total. The molecule has 2 aliphatic rings. The zero-order valence-electron chi connectivity index (χ0n) is 16.8. The summed E-state index contributed by atoms with van der Waals surface area (Å²) >= 11 is 1.55.